The predicted octanol–water partition coefficient (Wildman–Crippen LogP) is -0.0874. The van der Waals surface area contributed by atoms with Gasteiger partial charge in [-0.2, -0.15) is 5.48 Å². The Morgan fingerprint density at radius 2 is 2.75 bits per heavy atom. The first-order chi connectivity index (χ1) is 3.83. The molecule has 3 N–H and O–H groups in total. The second-order valence-electron chi connectivity index (χ2n) is 1.40. The average molecular weight is 150 g/mol. The second-order valence-corrected chi connectivity index (χ2v) is 3.28. The summed E-state index contributed by atoms with van der Waals surface area (Å²) in [7, 11) is 0. The number of thiocarbonyl (C=S) groups is 1. The highest BCUT2D eigenvalue weighted by Crippen LogP contribution is 2.13. The minimum absolute atomic E-state index is 0.0440. The molecule has 0 aromatic carbocycles. The summed E-state index contributed by atoms with van der Waals surface area (Å²) in [5, 5.41) is 11.2. The summed E-state index contributed by atoms with van der Waals surface area (Å²) >= 11 is 6.19. The lowest BCUT2D eigenvalue weighted by Gasteiger charge is -1.98. The van der Waals surface area contributed by atoms with Gasteiger partial charge in [0.05, 0.1) is 0 Å². The average Bonchev–Trinajstić information content (AvgIpc) is 2.14. The minimum Gasteiger partial charge on any atom is -0.368 e. The van der Waals surface area contributed by atoms with Crippen LogP contribution in [-0.4, -0.2) is 21.4 Å². The van der Waals surface area contributed by atoms with Crippen molar-refractivity contribution in [3.8, 4) is 0 Å². The molecule has 0 spiro atoms. The second kappa shape index (κ2) is 2.63. The lowest BCUT2D eigenvalue weighted by atomic mass is 10.6. The van der Waals surface area contributed by atoms with Crippen molar-refractivity contribution >= 4 is 28.3 Å². The molecule has 5 heteroatoms. The summed E-state index contributed by atoms with van der Waals surface area (Å²) in [4.78, 5) is 0. The van der Waals surface area contributed by atoms with Crippen LogP contribution in [0.4, 0.5) is 0 Å². The van der Waals surface area contributed by atoms with E-state index in [1.165, 1.54) is 11.8 Å². The fourth-order valence-electron chi connectivity index (χ4n) is 0.461. The first-order valence-electron chi connectivity index (χ1n) is 2.17. The maximum Gasteiger partial charge on any atom is 0.135 e. The quantitative estimate of drug-likeness (QED) is 0.360. The third-order valence-electron chi connectivity index (χ3n) is 0.825. The molecule has 1 heterocycles. The van der Waals surface area contributed by atoms with Crippen LogP contribution in [0.15, 0.2) is 0 Å². The van der Waals surface area contributed by atoms with Gasteiger partial charge in [-0.25, -0.2) is 0 Å². The van der Waals surface area contributed by atoms with Crippen LogP contribution in [0.5, 0.6) is 0 Å². The lowest BCUT2D eigenvalue weighted by molar-refractivity contribution is 0.159. The Labute approximate surface area is 56.8 Å². The van der Waals surface area contributed by atoms with Gasteiger partial charge in [0.1, 0.15) is 9.69 Å². The Morgan fingerprint density at radius 3 is 3.00 bits per heavy atom. The van der Waals surface area contributed by atoms with Crippen molar-refractivity contribution in [1.82, 2.24) is 10.8 Å². The normalized spacial score (nSPS) is 28.1. The molecule has 1 atom stereocenters. The van der Waals surface area contributed by atoms with Gasteiger partial charge in [0.15, 0.2) is 0 Å². The lowest BCUT2D eigenvalue weighted by Crippen LogP contribution is -2.25. The number of nitrogens with one attached hydrogen (secondary N) is 2. The van der Waals surface area contributed by atoms with Gasteiger partial charge in [-0.05, 0) is 0 Å². The molecular formula is C3H6N2OS2. The fourth-order valence-corrected chi connectivity index (χ4v) is 1.54. The van der Waals surface area contributed by atoms with Crippen molar-refractivity contribution in [3.05, 3.63) is 0 Å². The topological polar surface area (TPSA) is 44.3 Å². The molecule has 0 aliphatic carbocycles. The number of hydrogen-bond donors (Lipinski definition) is 3. The highest BCUT2D eigenvalue weighted by Gasteiger charge is 2.17. The van der Waals surface area contributed by atoms with Crippen LogP contribution in [0.1, 0.15) is 0 Å². The highest BCUT2D eigenvalue weighted by atomic mass is 32.2. The molecule has 0 radical (unpaired) electrons. The zero-order chi connectivity index (χ0) is 5.98. The molecule has 46 valence electrons. The van der Waals surface area contributed by atoms with E-state index in [2.05, 4.69) is 10.8 Å². The third kappa shape index (κ3) is 1.32. The van der Waals surface area contributed by atoms with E-state index in [1.54, 1.807) is 0 Å². The molecular weight excluding hydrogens is 144 g/mol. The Balaban J connectivity index is 2.32. The largest absolute Gasteiger partial charge is 0.368 e. The van der Waals surface area contributed by atoms with E-state index in [9.17, 15) is 0 Å². The molecule has 0 aromatic rings. The SMILES string of the molecule is ONC1CNC(=S)S1. The van der Waals surface area contributed by atoms with Crippen molar-refractivity contribution in [2.75, 3.05) is 6.54 Å². The first kappa shape index (κ1) is 6.28. The minimum atomic E-state index is 0.0440. The van der Waals surface area contributed by atoms with Gasteiger partial charge in [0.25, 0.3) is 0 Å². The molecule has 0 aromatic heterocycles. The Kier molecular flexibility index (Phi) is 2.07. The zero-order valence-electron chi connectivity index (χ0n) is 4.05. The molecule has 1 aliphatic heterocycles. The smallest absolute Gasteiger partial charge is 0.135 e. The molecule has 1 unspecified atom stereocenters. The molecule has 0 bridgehead atoms. The maximum atomic E-state index is 8.31. The van der Waals surface area contributed by atoms with Gasteiger partial charge in [0.2, 0.25) is 0 Å². The number of rotatable bonds is 1. The van der Waals surface area contributed by atoms with Gasteiger partial charge in [0, 0.05) is 6.54 Å². The van der Waals surface area contributed by atoms with Crippen LogP contribution in [-0.2, 0) is 0 Å². The van der Waals surface area contributed by atoms with E-state index in [0.717, 1.165) is 4.32 Å². The van der Waals surface area contributed by atoms with Gasteiger partial charge < -0.3 is 10.5 Å². The summed E-state index contributed by atoms with van der Waals surface area (Å²) in [6.07, 6.45) is 0. The third-order valence-corrected chi connectivity index (χ3v) is 2.17. The van der Waals surface area contributed by atoms with E-state index >= 15 is 0 Å². The van der Waals surface area contributed by atoms with Crippen LogP contribution in [0.25, 0.3) is 0 Å². The monoisotopic (exact) mass is 150 g/mol. The van der Waals surface area contributed by atoms with Crippen LogP contribution in [0.2, 0.25) is 0 Å². The summed E-state index contributed by atoms with van der Waals surface area (Å²) in [5.41, 5.74) is 2.11. The Hall–Kier alpha value is 0.160. The van der Waals surface area contributed by atoms with E-state index < -0.39 is 0 Å². The maximum absolute atomic E-state index is 8.31. The van der Waals surface area contributed by atoms with Gasteiger partial charge in [-0.15, -0.1) is 0 Å². The number of hydroxylamine groups is 1. The molecule has 3 nitrogen and oxygen atoms in total. The fraction of sp³-hybridized carbons (Fsp3) is 0.667. The Bertz CT molecular complexity index is 107. The van der Waals surface area contributed by atoms with Crippen molar-refractivity contribution in [3.63, 3.8) is 0 Å². The molecule has 0 amide bonds. The molecule has 1 fully saturated rings. The summed E-state index contributed by atoms with van der Waals surface area (Å²) in [5.74, 6) is 0. The van der Waals surface area contributed by atoms with Crippen LogP contribution in [0, 0.1) is 0 Å². The van der Waals surface area contributed by atoms with Crippen molar-refractivity contribution in [2.24, 2.45) is 0 Å². The molecule has 0 saturated carbocycles. The standard InChI is InChI=1S/C3H6N2OS2/c6-5-2-1-4-3(7)8-2/h2,5-6H,1H2,(H,4,7). The first-order valence-corrected chi connectivity index (χ1v) is 3.46. The predicted molar refractivity (Wildman–Crippen MR) is 36.9 cm³/mol. The molecule has 1 saturated heterocycles. The van der Waals surface area contributed by atoms with E-state index in [-0.39, 0.29) is 5.37 Å². The van der Waals surface area contributed by atoms with Gasteiger partial charge in [-0.1, -0.05) is 24.0 Å². The van der Waals surface area contributed by atoms with Gasteiger partial charge in [-0.3, -0.25) is 0 Å². The zero-order valence-corrected chi connectivity index (χ0v) is 5.68. The number of thioether (sulfide) groups is 1. The van der Waals surface area contributed by atoms with Crippen LogP contribution in [0.3, 0.4) is 0 Å². The summed E-state index contributed by atoms with van der Waals surface area (Å²) in [6.45, 7) is 0.708. The highest BCUT2D eigenvalue weighted by molar-refractivity contribution is 8.23. The molecule has 8 heavy (non-hydrogen) atoms. The van der Waals surface area contributed by atoms with E-state index in [1.807, 2.05) is 0 Å². The summed E-state index contributed by atoms with van der Waals surface area (Å²) < 4.78 is 0.747. The Morgan fingerprint density at radius 1 is 2.00 bits per heavy atom. The molecule has 1 rings (SSSR count). The van der Waals surface area contributed by atoms with Crippen LogP contribution < -0.4 is 10.8 Å². The van der Waals surface area contributed by atoms with Crippen molar-refractivity contribution in [1.29, 1.82) is 0 Å². The van der Waals surface area contributed by atoms with E-state index in [4.69, 9.17) is 17.4 Å². The number of hydrogen-bond acceptors (Lipinski definition) is 4. The van der Waals surface area contributed by atoms with E-state index in [0.29, 0.717) is 6.54 Å². The van der Waals surface area contributed by atoms with Crippen molar-refractivity contribution < 1.29 is 5.21 Å². The summed E-state index contributed by atoms with van der Waals surface area (Å²) in [6, 6.07) is 0. The molecule has 1 aliphatic rings. The van der Waals surface area contributed by atoms with Crippen LogP contribution >= 0.6 is 24.0 Å². The van der Waals surface area contributed by atoms with Crippen molar-refractivity contribution in [2.45, 2.75) is 5.37 Å². The van der Waals surface area contributed by atoms with Gasteiger partial charge >= 0.3 is 0 Å².